The maximum atomic E-state index is 13.8. The van der Waals surface area contributed by atoms with Gasteiger partial charge in [0.05, 0.1) is 11.6 Å². The van der Waals surface area contributed by atoms with E-state index in [1.807, 2.05) is 18.2 Å². The van der Waals surface area contributed by atoms with Crippen LogP contribution in [-0.2, 0) is 6.42 Å². The van der Waals surface area contributed by atoms with E-state index < -0.39 is 11.6 Å². The van der Waals surface area contributed by atoms with Gasteiger partial charge < -0.3 is 9.88 Å². The van der Waals surface area contributed by atoms with Crippen molar-refractivity contribution in [2.24, 2.45) is 0 Å². The zero-order valence-electron chi connectivity index (χ0n) is 13.1. The van der Waals surface area contributed by atoms with Gasteiger partial charge in [0, 0.05) is 12.4 Å². The smallest absolute Gasteiger partial charge is 0.270 e. The van der Waals surface area contributed by atoms with Gasteiger partial charge in [0.2, 0.25) is 0 Å². The van der Waals surface area contributed by atoms with Gasteiger partial charge in [-0.3, -0.25) is 4.79 Å². The highest BCUT2D eigenvalue weighted by molar-refractivity contribution is 5.98. The number of aromatic nitrogens is 1. The maximum absolute atomic E-state index is 13.8. The third-order valence-electron chi connectivity index (χ3n) is 4.81. The van der Waals surface area contributed by atoms with Gasteiger partial charge in [-0.2, -0.15) is 0 Å². The molecule has 1 unspecified atom stereocenters. The van der Waals surface area contributed by atoms with Gasteiger partial charge in [-0.25, -0.2) is 8.78 Å². The van der Waals surface area contributed by atoms with Crippen molar-refractivity contribution in [3.05, 3.63) is 70.9 Å². The molecular weight excluding hydrogens is 310 g/mol. The summed E-state index contributed by atoms with van der Waals surface area (Å²) >= 11 is 0. The zero-order valence-corrected chi connectivity index (χ0v) is 13.1. The van der Waals surface area contributed by atoms with Gasteiger partial charge in [-0.1, -0.05) is 24.3 Å². The van der Waals surface area contributed by atoms with Crippen molar-refractivity contribution in [2.45, 2.75) is 18.9 Å². The molecule has 1 aromatic heterocycles. The average Bonchev–Trinajstić information content (AvgIpc) is 3.22. The molecule has 122 valence electrons. The lowest BCUT2D eigenvalue weighted by atomic mass is 10.1. The van der Waals surface area contributed by atoms with Gasteiger partial charge in [0.1, 0.15) is 17.3 Å². The monoisotopic (exact) mass is 326 g/mol. The molecule has 2 aromatic carbocycles. The lowest BCUT2D eigenvalue weighted by Crippen LogP contribution is -2.30. The Bertz CT molecular complexity index is 909. The van der Waals surface area contributed by atoms with Crippen LogP contribution in [0.15, 0.2) is 42.5 Å². The van der Waals surface area contributed by atoms with Crippen LogP contribution in [0.3, 0.4) is 0 Å². The average molecular weight is 326 g/mol. The van der Waals surface area contributed by atoms with Gasteiger partial charge in [-0.15, -0.1) is 0 Å². The predicted molar refractivity (Wildman–Crippen MR) is 87.8 cm³/mol. The molecule has 3 aromatic rings. The van der Waals surface area contributed by atoms with E-state index in [0.29, 0.717) is 0 Å². The fraction of sp³-hybridized carbons (Fsp3) is 0.211. The highest BCUT2D eigenvalue weighted by Gasteiger charge is 2.29. The number of amides is 1. The summed E-state index contributed by atoms with van der Waals surface area (Å²) < 4.78 is 27.6. The van der Waals surface area contributed by atoms with E-state index in [-0.39, 0.29) is 28.5 Å². The highest BCUT2D eigenvalue weighted by atomic mass is 19.1. The fourth-order valence-electron chi connectivity index (χ4n) is 3.53. The van der Waals surface area contributed by atoms with Crippen LogP contribution in [0.4, 0.5) is 8.78 Å². The zero-order chi connectivity index (χ0) is 16.8. The van der Waals surface area contributed by atoms with Crippen LogP contribution < -0.4 is 0 Å². The van der Waals surface area contributed by atoms with Crippen LogP contribution in [-0.4, -0.2) is 22.8 Å². The number of fused-ring (bicyclic) bond motifs is 2. The van der Waals surface area contributed by atoms with Gasteiger partial charge in [0.15, 0.2) is 0 Å². The van der Waals surface area contributed by atoms with Crippen molar-refractivity contribution >= 4 is 16.8 Å². The molecule has 0 fully saturated rings. The summed E-state index contributed by atoms with van der Waals surface area (Å²) in [5.74, 6) is -1.39. The van der Waals surface area contributed by atoms with Crippen LogP contribution in [0, 0.1) is 11.6 Å². The maximum Gasteiger partial charge on any atom is 0.270 e. The number of nitrogens with zero attached hydrogens (tertiary/aromatic N) is 1. The Morgan fingerprint density at radius 3 is 2.71 bits per heavy atom. The number of H-pyrrole nitrogens is 1. The van der Waals surface area contributed by atoms with E-state index in [0.717, 1.165) is 30.5 Å². The number of halogens is 2. The second-order valence-corrected chi connectivity index (χ2v) is 6.17. The van der Waals surface area contributed by atoms with Crippen LogP contribution >= 0.6 is 0 Å². The first-order chi connectivity index (χ1) is 11.6. The lowest BCUT2D eigenvalue weighted by molar-refractivity contribution is 0.0725. The summed E-state index contributed by atoms with van der Waals surface area (Å²) in [4.78, 5) is 17.2. The number of nitrogens with one attached hydrogen (secondary N) is 1. The van der Waals surface area contributed by atoms with E-state index in [1.54, 1.807) is 11.9 Å². The molecule has 0 spiro atoms. The number of aromatic amines is 1. The van der Waals surface area contributed by atoms with Crippen LogP contribution in [0.2, 0.25) is 0 Å². The molecule has 24 heavy (non-hydrogen) atoms. The second kappa shape index (κ2) is 5.44. The number of aryl methyl sites for hydroxylation is 1. The van der Waals surface area contributed by atoms with Crippen molar-refractivity contribution in [1.29, 1.82) is 0 Å². The van der Waals surface area contributed by atoms with Crippen LogP contribution in [0.25, 0.3) is 10.9 Å². The first-order valence-corrected chi connectivity index (χ1v) is 7.88. The van der Waals surface area contributed by atoms with Crippen molar-refractivity contribution < 1.29 is 13.6 Å². The van der Waals surface area contributed by atoms with Crippen molar-refractivity contribution in [1.82, 2.24) is 9.88 Å². The molecule has 0 saturated carbocycles. The van der Waals surface area contributed by atoms with E-state index in [1.165, 1.54) is 11.6 Å². The van der Waals surface area contributed by atoms with E-state index in [9.17, 15) is 13.6 Å². The first kappa shape index (κ1) is 14.9. The summed E-state index contributed by atoms with van der Waals surface area (Å²) in [5.41, 5.74) is 2.61. The summed E-state index contributed by atoms with van der Waals surface area (Å²) in [6.45, 7) is 0. The third-order valence-corrected chi connectivity index (χ3v) is 4.81. The molecule has 0 aliphatic heterocycles. The molecule has 1 atom stereocenters. The lowest BCUT2D eigenvalue weighted by Gasteiger charge is -2.25. The Morgan fingerprint density at radius 1 is 1.17 bits per heavy atom. The topological polar surface area (TPSA) is 36.1 Å². The Labute approximate surface area is 137 Å². The van der Waals surface area contributed by atoms with Crippen molar-refractivity contribution in [3.63, 3.8) is 0 Å². The number of carbonyl (C=O) groups excluding carboxylic acids is 1. The van der Waals surface area contributed by atoms with Crippen molar-refractivity contribution in [2.75, 3.05) is 7.05 Å². The van der Waals surface area contributed by atoms with Crippen LogP contribution in [0.5, 0.6) is 0 Å². The molecule has 5 heteroatoms. The van der Waals surface area contributed by atoms with Gasteiger partial charge >= 0.3 is 0 Å². The molecule has 1 aliphatic rings. The summed E-state index contributed by atoms with van der Waals surface area (Å²) in [5, 5.41) is 0.0959. The van der Waals surface area contributed by atoms with Gasteiger partial charge in [-0.05, 0) is 42.2 Å². The molecule has 1 aliphatic carbocycles. The summed E-state index contributed by atoms with van der Waals surface area (Å²) in [6, 6.07) is 11.5. The van der Waals surface area contributed by atoms with Crippen LogP contribution in [0.1, 0.15) is 34.1 Å². The minimum absolute atomic E-state index is 0.0187. The Morgan fingerprint density at radius 2 is 1.92 bits per heavy atom. The molecule has 1 amide bonds. The SMILES string of the molecule is CN(C(=O)c1cc2c(F)ccc(F)c2[nH]1)C1CCc2ccccc21. The largest absolute Gasteiger partial charge is 0.348 e. The number of hydrogen-bond acceptors (Lipinski definition) is 1. The molecule has 1 N–H and O–H groups in total. The minimum atomic E-state index is -0.570. The predicted octanol–water partition coefficient (Wildman–Crippen LogP) is 4.21. The summed E-state index contributed by atoms with van der Waals surface area (Å²) in [7, 11) is 1.73. The highest BCUT2D eigenvalue weighted by Crippen LogP contribution is 2.35. The van der Waals surface area contributed by atoms with E-state index in [4.69, 9.17) is 0 Å². The minimum Gasteiger partial charge on any atom is -0.348 e. The molecule has 0 saturated heterocycles. The Balaban J connectivity index is 1.69. The number of benzene rings is 2. The van der Waals surface area contributed by atoms with E-state index in [2.05, 4.69) is 11.1 Å². The molecule has 0 bridgehead atoms. The molecular formula is C19H16F2N2O. The van der Waals surface area contributed by atoms with Crippen molar-refractivity contribution in [3.8, 4) is 0 Å². The van der Waals surface area contributed by atoms with Gasteiger partial charge in [0.25, 0.3) is 5.91 Å². The standard InChI is InChI=1S/C19H16F2N2O/c1-23(17-9-6-11-4-2-3-5-12(11)17)19(24)16-10-13-14(20)7-8-15(21)18(13)22-16/h2-5,7-8,10,17,22H,6,9H2,1H3. The summed E-state index contributed by atoms with van der Waals surface area (Å²) in [6.07, 6.45) is 1.78. The molecule has 4 rings (SSSR count). The third kappa shape index (κ3) is 2.19. The second-order valence-electron chi connectivity index (χ2n) is 6.17. The number of rotatable bonds is 2. The fourth-order valence-corrected chi connectivity index (χ4v) is 3.53. The molecule has 3 nitrogen and oxygen atoms in total. The van der Waals surface area contributed by atoms with E-state index >= 15 is 0 Å². The molecule has 1 heterocycles. The molecule has 0 radical (unpaired) electrons. The normalized spacial score (nSPS) is 16.4. The Hall–Kier alpha value is -2.69. The Kier molecular flexibility index (Phi) is 3.37. The quantitative estimate of drug-likeness (QED) is 0.752. The first-order valence-electron chi connectivity index (χ1n) is 7.88. The number of carbonyl (C=O) groups is 1. The number of hydrogen-bond donors (Lipinski definition) is 1.